The summed E-state index contributed by atoms with van der Waals surface area (Å²) in [5, 5.41) is 2.29. The van der Waals surface area contributed by atoms with Crippen LogP contribution in [0.1, 0.15) is 12.8 Å². The van der Waals surface area contributed by atoms with Crippen LogP contribution in [-0.4, -0.2) is 54.5 Å². The molecule has 2 fully saturated rings. The van der Waals surface area contributed by atoms with Gasteiger partial charge in [0.1, 0.15) is 6.54 Å². The van der Waals surface area contributed by atoms with Gasteiger partial charge >= 0.3 is 6.03 Å². The van der Waals surface area contributed by atoms with Crippen LogP contribution in [-0.2, 0) is 4.79 Å². The molecule has 0 spiro atoms. The molecule has 0 aromatic heterocycles. The highest BCUT2D eigenvalue weighted by molar-refractivity contribution is 6.01. The zero-order valence-corrected chi connectivity index (χ0v) is 8.32. The normalized spacial score (nSPS) is 28.6. The highest BCUT2D eigenvalue weighted by Crippen LogP contribution is 2.16. The van der Waals surface area contributed by atoms with Gasteiger partial charge in [-0.1, -0.05) is 0 Å². The maximum Gasteiger partial charge on any atom is 0.324 e. The number of amides is 3. The van der Waals surface area contributed by atoms with Crippen molar-refractivity contribution in [2.75, 3.05) is 26.7 Å². The summed E-state index contributed by atoms with van der Waals surface area (Å²) < 4.78 is 0. The topological polar surface area (TPSA) is 52.6 Å². The minimum atomic E-state index is -0.240. The standard InChI is InChI=1S/C9H15N3O2/c1-11-4-2-3-7(11)5-12-6-8(13)10-9(12)14/h7H,2-6H2,1H3,(H,10,13,14). The molecule has 2 aliphatic heterocycles. The Labute approximate surface area is 83.0 Å². The Morgan fingerprint density at radius 2 is 2.29 bits per heavy atom. The van der Waals surface area contributed by atoms with Gasteiger partial charge < -0.3 is 9.80 Å². The molecular weight excluding hydrogens is 182 g/mol. The lowest BCUT2D eigenvalue weighted by Crippen LogP contribution is -2.40. The van der Waals surface area contributed by atoms with E-state index in [2.05, 4.69) is 17.3 Å². The van der Waals surface area contributed by atoms with Crippen LogP contribution in [0.25, 0.3) is 0 Å². The first-order chi connectivity index (χ1) is 6.66. The summed E-state index contributed by atoms with van der Waals surface area (Å²) in [6, 6.07) is 0.182. The van der Waals surface area contributed by atoms with Crippen molar-refractivity contribution < 1.29 is 9.59 Å². The molecule has 3 amide bonds. The molecule has 5 heteroatoms. The van der Waals surface area contributed by atoms with Crippen molar-refractivity contribution in [3.63, 3.8) is 0 Å². The summed E-state index contributed by atoms with van der Waals surface area (Å²) >= 11 is 0. The Kier molecular flexibility index (Phi) is 2.41. The number of hydrogen-bond acceptors (Lipinski definition) is 3. The van der Waals surface area contributed by atoms with E-state index in [9.17, 15) is 9.59 Å². The molecule has 1 N–H and O–H groups in total. The smallest absolute Gasteiger partial charge is 0.314 e. The van der Waals surface area contributed by atoms with Crippen molar-refractivity contribution in [2.24, 2.45) is 0 Å². The highest BCUT2D eigenvalue weighted by atomic mass is 16.2. The molecule has 2 heterocycles. The van der Waals surface area contributed by atoms with Crippen LogP contribution in [0.15, 0.2) is 0 Å². The number of nitrogens with one attached hydrogen (secondary N) is 1. The molecule has 0 aromatic rings. The zero-order valence-electron chi connectivity index (χ0n) is 8.32. The Morgan fingerprint density at radius 1 is 1.50 bits per heavy atom. The molecule has 2 saturated heterocycles. The third-order valence-electron chi connectivity index (χ3n) is 2.97. The van der Waals surface area contributed by atoms with Gasteiger partial charge in [0, 0.05) is 12.6 Å². The van der Waals surface area contributed by atoms with Crippen LogP contribution < -0.4 is 5.32 Å². The molecule has 1 unspecified atom stereocenters. The molecule has 0 aromatic carbocycles. The number of imide groups is 1. The SMILES string of the molecule is CN1CCCC1CN1CC(=O)NC1=O. The predicted molar refractivity (Wildman–Crippen MR) is 50.8 cm³/mol. The summed E-state index contributed by atoms with van der Waals surface area (Å²) in [6.45, 7) is 1.99. The summed E-state index contributed by atoms with van der Waals surface area (Å²) in [5.41, 5.74) is 0. The van der Waals surface area contributed by atoms with E-state index in [1.165, 1.54) is 6.42 Å². The molecule has 0 radical (unpaired) electrons. The molecule has 0 bridgehead atoms. The van der Waals surface area contributed by atoms with Gasteiger partial charge in [-0.2, -0.15) is 0 Å². The first kappa shape index (κ1) is 9.45. The lowest BCUT2D eigenvalue weighted by molar-refractivity contribution is -0.118. The third-order valence-corrected chi connectivity index (χ3v) is 2.97. The maximum absolute atomic E-state index is 11.3. The second-order valence-corrected chi connectivity index (χ2v) is 4.01. The van der Waals surface area contributed by atoms with Crippen LogP contribution in [0.2, 0.25) is 0 Å². The minimum absolute atomic E-state index is 0.185. The second-order valence-electron chi connectivity index (χ2n) is 4.01. The fourth-order valence-corrected chi connectivity index (χ4v) is 2.09. The molecule has 14 heavy (non-hydrogen) atoms. The van der Waals surface area contributed by atoms with Crippen molar-refractivity contribution in [3.8, 4) is 0 Å². The molecule has 0 aliphatic carbocycles. The first-order valence-electron chi connectivity index (χ1n) is 4.96. The van der Waals surface area contributed by atoms with Gasteiger partial charge in [0.05, 0.1) is 0 Å². The van der Waals surface area contributed by atoms with E-state index in [0.29, 0.717) is 12.6 Å². The van der Waals surface area contributed by atoms with E-state index in [4.69, 9.17) is 0 Å². The van der Waals surface area contributed by atoms with Crippen LogP contribution in [0.5, 0.6) is 0 Å². The highest BCUT2D eigenvalue weighted by Gasteiger charge is 2.31. The zero-order chi connectivity index (χ0) is 10.1. The number of nitrogens with zero attached hydrogens (tertiary/aromatic N) is 2. The van der Waals surface area contributed by atoms with E-state index in [0.717, 1.165) is 13.0 Å². The summed E-state index contributed by atoms with van der Waals surface area (Å²) in [6.07, 6.45) is 2.30. The summed E-state index contributed by atoms with van der Waals surface area (Å²) in [5.74, 6) is -0.185. The van der Waals surface area contributed by atoms with Gasteiger partial charge in [-0.05, 0) is 26.4 Å². The molecule has 1 atom stereocenters. The quantitative estimate of drug-likeness (QED) is 0.615. The van der Waals surface area contributed by atoms with Crippen molar-refractivity contribution in [1.29, 1.82) is 0 Å². The Bertz CT molecular complexity index is 267. The lowest BCUT2D eigenvalue weighted by atomic mass is 10.2. The first-order valence-corrected chi connectivity index (χ1v) is 4.96. The molecule has 5 nitrogen and oxygen atoms in total. The number of likely N-dealkylation sites (tertiary alicyclic amines) is 1. The average molecular weight is 197 g/mol. The van der Waals surface area contributed by atoms with Gasteiger partial charge in [-0.15, -0.1) is 0 Å². The van der Waals surface area contributed by atoms with Gasteiger partial charge in [-0.3, -0.25) is 10.1 Å². The van der Waals surface area contributed by atoms with Gasteiger partial charge in [0.25, 0.3) is 0 Å². The Balaban J connectivity index is 1.91. The maximum atomic E-state index is 11.3. The largest absolute Gasteiger partial charge is 0.324 e. The van der Waals surface area contributed by atoms with Gasteiger partial charge in [-0.25, -0.2) is 4.79 Å². The minimum Gasteiger partial charge on any atom is -0.314 e. The molecule has 2 rings (SSSR count). The van der Waals surface area contributed by atoms with Crippen molar-refractivity contribution in [2.45, 2.75) is 18.9 Å². The fraction of sp³-hybridized carbons (Fsp3) is 0.778. The summed E-state index contributed by atoms with van der Waals surface area (Å²) in [7, 11) is 2.06. The van der Waals surface area contributed by atoms with Gasteiger partial charge in [0.2, 0.25) is 5.91 Å². The number of hydrogen-bond donors (Lipinski definition) is 1. The molecule has 2 aliphatic rings. The van der Waals surface area contributed by atoms with Crippen molar-refractivity contribution in [1.82, 2.24) is 15.1 Å². The van der Waals surface area contributed by atoms with E-state index < -0.39 is 0 Å². The van der Waals surface area contributed by atoms with E-state index >= 15 is 0 Å². The lowest BCUT2D eigenvalue weighted by Gasteiger charge is -2.23. The molecular formula is C9H15N3O2. The third kappa shape index (κ3) is 1.72. The Hall–Kier alpha value is -1.10. The fourth-order valence-electron chi connectivity index (χ4n) is 2.09. The van der Waals surface area contributed by atoms with Crippen LogP contribution in [0, 0.1) is 0 Å². The van der Waals surface area contributed by atoms with E-state index in [1.807, 2.05) is 0 Å². The van der Waals surface area contributed by atoms with Crippen LogP contribution in [0.3, 0.4) is 0 Å². The number of likely N-dealkylation sites (N-methyl/N-ethyl adjacent to an activating group) is 1. The molecule has 0 saturated carbocycles. The number of rotatable bonds is 2. The predicted octanol–water partition coefficient (Wildman–Crippen LogP) is -0.368. The van der Waals surface area contributed by atoms with Crippen LogP contribution in [0.4, 0.5) is 4.79 Å². The van der Waals surface area contributed by atoms with E-state index in [1.54, 1.807) is 4.90 Å². The number of carbonyl (C=O) groups is 2. The average Bonchev–Trinajstić information content (AvgIpc) is 2.62. The van der Waals surface area contributed by atoms with E-state index in [-0.39, 0.29) is 18.5 Å². The summed E-state index contributed by atoms with van der Waals surface area (Å²) in [4.78, 5) is 26.0. The van der Waals surface area contributed by atoms with Crippen molar-refractivity contribution >= 4 is 11.9 Å². The number of urea groups is 1. The second kappa shape index (κ2) is 3.57. The monoisotopic (exact) mass is 197 g/mol. The Morgan fingerprint density at radius 3 is 2.79 bits per heavy atom. The van der Waals surface area contributed by atoms with Gasteiger partial charge in [0.15, 0.2) is 0 Å². The van der Waals surface area contributed by atoms with Crippen LogP contribution >= 0.6 is 0 Å². The molecule has 78 valence electrons. The number of carbonyl (C=O) groups excluding carboxylic acids is 2. The van der Waals surface area contributed by atoms with Crippen molar-refractivity contribution in [3.05, 3.63) is 0 Å².